The molecule has 1 amide bonds. The van der Waals surface area contributed by atoms with Crippen molar-refractivity contribution in [1.29, 1.82) is 0 Å². The van der Waals surface area contributed by atoms with E-state index in [0.29, 0.717) is 18.8 Å². The normalized spacial score (nSPS) is 14.1. The lowest BCUT2D eigenvalue weighted by atomic mass is 10.1. The van der Waals surface area contributed by atoms with Gasteiger partial charge in [0.25, 0.3) is 0 Å². The van der Waals surface area contributed by atoms with Crippen molar-refractivity contribution in [2.45, 2.75) is 32.0 Å². The molecule has 0 saturated carbocycles. The standard InChI is InChI=1S/C24H28ClN5OS/c1-3-10-30-23(19-7-4-6-18(2)15-19)26-27-24(30)32-17-22(31)29-13-11-28(12-14-29)21-9-5-8-20(25)16-21/h4-9,15-16H,3,10-14,17H2,1-2H3. The molecular weight excluding hydrogens is 442 g/mol. The number of halogens is 1. The number of amides is 1. The third-order valence-electron chi connectivity index (χ3n) is 5.57. The second-order valence-electron chi connectivity index (χ2n) is 7.96. The van der Waals surface area contributed by atoms with Crippen molar-refractivity contribution in [3.05, 3.63) is 59.1 Å². The lowest BCUT2D eigenvalue weighted by Crippen LogP contribution is -2.49. The molecule has 32 heavy (non-hydrogen) atoms. The lowest BCUT2D eigenvalue weighted by Gasteiger charge is -2.36. The molecular formula is C24H28ClN5OS. The predicted molar refractivity (Wildman–Crippen MR) is 131 cm³/mol. The van der Waals surface area contributed by atoms with E-state index >= 15 is 0 Å². The van der Waals surface area contributed by atoms with E-state index in [1.165, 1.54) is 17.3 Å². The second kappa shape index (κ2) is 10.4. The molecule has 0 spiro atoms. The average Bonchev–Trinajstić information content (AvgIpc) is 3.20. The topological polar surface area (TPSA) is 54.3 Å². The molecule has 168 valence electrons. The number of hydrogen-bond acceptors (Lipinski definition) is 5. The van der Waals surface area contributed by atoms with Gasteiger partial charge in [-0.15, -0.1) is 10.2 Å². The number of carbonyl (C=O) groups is 1. The fourth-order valence-corrected chi connectivity index (χ4v) is 4.97. The van der Waals surface area contributed by atoms with Gasteiger partial charge in [-0.25, -0.2) is 0 Å². The van der Waals surface area contributed by atoms with Crippen molar-refractivity contribution in [3.63, 3.8) is 0 Å². The van der Waals surface area contributed by atoms with E-state index in [2.05, 4.69) is 57.8 Å². The summed E-state index contributed by atoms with van der Waals surface area (Å²) >= 11 is 7.59. The highest BCUT2D eigenvalue weighted by molar-refractivity contribution is 7.99. The molecule has 2 heterocycles. The van der Waals surface area contributed by atoms with Crippen LogP contribution in [0, 0.1) is 6.92 Å². The first-order valence-electron chi connectivity index (χ1n) is 11.0. The Balaban J connectivity index is 1.37. The first-order valence-corrected chi connectivity index (χ1v) is 12.3. The number of benzene rings is 2. The van der Waals surface area contributed by atoms with Crippen LogP contribution in [0.5, 0.6) is 0 Å². The summed E-state index contributed by atoms with van der Waals surface area (Å²) in [4.78, 5) is 17.1. The summed E-state index contributed by atoms with van der Waals surface area (Å²) < 4.78 is 2.13. The molecule has 0 atom stereocenters. The number of thioether (sulfide) groups is 1. The van der Waals surface area contributed by atoms with Crippen LogP contribution in [-0.2, 0) is 11.3 Å². The van der Waals surface area contributed by atoms with Crippen molar-refractivity contribution in [1.82, 2.24) is 19.7 Å². The molecule has 1 fully saturated rings. The van der Waals surface area contributed by atoms with Crippen LogP contribution in [0.3, 0.4) is 0 Å². The molecule has 6 nitrogen and oxygen atoms in total. The minimum atomic E-state index is 0.142. The van der Waals surface area contributed by atoms with E-state index in [4.69, 9.17) is 11.6 Å². The smallest absolute Gasteiger partial charge is 0.233 e. The van der Waals surface area contributed by atoms with Gasteiger partial charge < -0.3 is 14.4 Å². The Morgan fingerprint density at radius 3 is 2.56 bits per heavy atom. The van der Waals surface area contributed by atoms with Gasteiger partial charge in [-0.2, -0.15) is 0 Å². The van der Waals surface area contributed by atoms with Gasteiger partial charge in [-0.05, 0) is 37.6 Å². The minimum absolute atomic E-state index is 0.142. The molecule has 3 aromatic rings. The summed E-state index contributed by atoms with van der Waals surface area (Å²) in [6.45, 7) is 8.07. The van der Waals surface area contributed by atoms with E-state index in [1.54, 1.807) is 0 Å². The summed E-state index contributed by atoms with van der Waals surface area (Å²) in [6.07, 6.45) is 0.976. The van der Waals surface area contributed by atoms with E-state index < -0.39 is 0 Å². The van der Waals surface area contributed by atoms with E-state index in [1.807, 2.05) is 29.2 Å². The van der Waals surface area contributed by atoms with Gasteiger partial charge in [-0.3, -0.25) is 4.79 Å². The van der Waals surface area contributed by atoms with Crippen LogP contribution in [0.25, 0.3) is 11.4 Å². The fourth-order valence-electron chi connectivity index (χ4n) is 3.92. The molecule has 0 unspecified atom stereocenters. The van der Waals surface area contributed by atoms with Crippen molar-refractivity contribution < 1.29 is 4.79 Å². The number of carbonyl (C=O) groups excluding carboxylic acids is 1. The van der Waals surface area contributed by atoms with E-state index in [-0.39, 0.29) is 5.91 Å². The summed E-state index contributed by atoms with van der Waals surface area (Å²) in [5.74, 6) is 1.37. The van der Waals surface area contributed by atoms with E-state index in [9.17, 15) is 4.79 Å². The van der Waals surface area contributed by atoms with Gasteiger partial charge in [0, 0.05) is 49.0 Å². The third kappa shape index (κ3) is 5.27. The number of aryl methyl sites for hydroxylation is 1. The molecule has 4 rings (SSSR count). The molecule has 1 aromatic heterocycles. The average molecular weight is 470 g/mol. The maximum Gasteiger partial charge on any atom is 0.233 e. The minimum Gasteiger partial charge on any atom is -0.368 e. The van der Waals surface area contributed by atoms with Crippen molar-refractivity contribution in [3.8, 4) is 11.4 Å². The number of nitrogens with zero attached hydrogens (tertiary/aromatic N) is 5. The molecule has 2 aromatic carbocycles. The molecule has 8 heteroatoms. The Morgan fingerprint density at radius 2 is 1.84 bits per heavy atom. The van der Waals surface area contributed by atoms with Crippen LogP contribution in [0.2, 0.25) is 5.02 Å². The van der Waals surface area contributed by atoms with Crippen molar-refractivity contribution >= 4 is 35.0 Å². The van der Waals surface area contributed by atoms with Crippen LogP contribution >= 0.6 is 23.4 Å². The van der Waals surface area contributed by atoms with E-state index in [0.717, 1.165) is 53.3 Å². The number of rotatable bonds is 7. The highest BCUT2D eigenvalue weighted by Gasteiger charge is 2.23. The largest absolute Gasteiger partial charge is 0.368 e. The highest BCUT2D eigenvalue weighted by atomic mass is 35.5. The SMILES string of the molecule is CCCn1c(SCC(=O)N2CCN(c3cccc(Cl)c3)CC2)nnc1-c1cccc(C)c1. The quantitative estimate of drug-likeness (QED) is 0.467. The second-order valence-corrected chi connectivity index (χ2v) is 9.34. The summed E-state index contributed by atoms with van der Waals surface area (Å²) in [5.41, 5.74) is 3.35. The van der Waals surface area contributed by atoms with Crippen LogP contribution in [0.1, 0.15) is 18.9 Å². The van der Waals surface area contributed by atoms with Crippen molar-refractivity contribution in [2.24, 2.45) is 0 Å². The predicted octanol–water partition coefficient (Wildman–Crippen LogP) is 4.76. The lowest BCUT2D eigenvalue weighted by molar-refractivity contribution is -0.128. The summed E-state index contributed by atoms with van der Waals surface area (Å²) in [7, 11) is 0. The zero-order valence-corrected chi connectivity index (χ0v) is 20.1. The monoisotopic (exact) mass is 469 g/mol. The first-order chi connectivity index (χ1) is 15.5. The Bertz CT molecular complexity index is 1080. The third-order valence-corrected chi connectivity index (χ3v) is 6.76. The Hall–Kier alpha value is -2.51. The number of hydrogen-bond donors (Lipinski definition) is 0. The molecule has 0 radical (unpaired) electrons. The first kappa shape index (κ1) is 22.7. The molecule has 1 aliphatic heterocycles. The molecule has 1 aliphatic rings. The highest BCUT2D eigenvalue weighted by Crippen LogP contribution is 2.26. The summed E-state index contributed by atoms with van der Waals surface area (Å²) in [6, 6.07) is 16.2. The van der Waals surface area contributed by atoms with Crippen LogP contribution in [-0.4, -0.2) is 57.5 Å². The molecule has 0 aliphatic carbocycles. The van der Waals surface area contributed by atoms with Gasteiger partial charge in [0.15, 0.2) is 11.0 Å². The fraction of sp³-hybridized carbons (Fsp3) is 0.375. The van der Waals surface area contributed by atoms with Crippen molar-refractivity contribution in [2.75, 3.05) is 36.8 Å². The summed E-state index contributed by atoms with van der Waals surface area (Å²) in [5, 5.41) is 10.4. The van der Waals surface area contributed by atoms with Gasteiger partial charge in [0.1, 0.15) is 0 Å². The molecule has 0 bridgehead atoms. The Kier molecular flexibility index (Phi) is 7.37. The van der Waals surface area contributed by atoms with Crippen LogP contribution < -0.4 is 4.90 Å². The van der Waals surface area contributed by atoms with Gasteiger partial charge >= 0.3 is 0 Å². The van der Waals surface area contributed by atoms with Gasteiger partial charge in [0.2, 0.25) is 5.91 Å². The maximum absolute atomic E-state index is 12.9. The number of anilines is 1. The number of aromatic nitrogens is 3. The molecule has 1 saturated heterocycles. The Morgan fingerprint density at radius 1 is 1.06 bits per heavy atom. The van der Waals surface area contributed by atoms with Gasteiger partial charge in [-0.1, -0.05) is 60.1 Å². The zero-order chi connectivity index (χ0) is 22.5. The number of piperazine rings is 1. The van der Waals surface area contributed by atoms with Crippen LogP contribution in [0.4, 0.5) is 5.69 Å². The van der Waals surface area contributed by atoms with Crippen LogP contribution in [0.15, 0.2) is 53.7 Å². The zero-order valence-electron chi connectivity index (χ0n) is 18.5. The van der Waals surface area contributed by atoms with Gasteiger partial charge in [0.05, 0.1) is 5.75 Å². The molecule has 0 N–H and O–H groups in total. The Labute approximate surface area is 198 Å². The maximum atomic E-state index is 12.9.